The molecule has 1 unspecified atom stereocenters. The lowest BCUT2D eigenvalue weighted by atomic mass is 9.87. The predicted molar refractivity (Wildman–Crippen MR) is 50.4 cm³/mol. The zero-order valence-electron chi connectivity index (χ0n) is 10.9. The number of esters is 1. The van der Waals surface area contributed by atoms with E-state index in [2.05, 4.69) is 4.74 Å². The van der Waals surface area contributed by atoms with Gasteiger partial charge in [-0.3, -0.25) is 0 Å². The standard InChI is InChI=1S/C11F12O2/c12-3-1-2(4(13)6(15)5(3)14)8(16,25-7(1)24)9(17,10(18,19)20)11(21,22)23. The van der Waals surface area contributed by atoms with Crippen molar-refractivity contribution in [1.29, 1.82) is 0 Å². The molecule has 0 aromatic heterocycles. The van der Waals surface area contributed by atoms with Gasteiger partial charge in [-0.15, -0.1) is 0 Å². The highest BCUT2D eigenvalue weighted by Gasteiger charge is 2.87. The molecular weight excluding hydrogens is 392 g/mol. The Morgan fingerprint density at radius 1 is 0.720 bits per heavy atom. The molecule has 0 amide bonds. The van der Waals surface area contributed by atoms with Crippen LogP contribution in [-0.4, -0.2) is 24.0 Å². The first-order valence-corrected chi connectivity index (χ1v) is 5.63. The third kappa shape index (κ3) is 2.11. The van der Waals surface area contributed by atoms with Crippen molar-refractivity contribution in [2.24, 2.45) is 0 Å². The van der Waals surface area contributed by atoms with Crippen LogP contribution in [0.3, 0.4) is 0 Å². The van der Waals surface area contributed by atoms with Crippen LogP contribution in [-0.2, 0) is 10.6 Å². The summed E-state index contributed by atoms with van der Waals surface area (Å²) in [6.45, 7) is 0. The van der Waals surface area contributed by atoms with Gasteiger partial charge in [-0.2, -0.15) is 30.7 Å². The van der Waals surface area contributed by atoms with E-state index in [9.17, 15) is 57.5 Å². The van der Waals surface area contributed by atoms with E-state index >= 15 is 0 Å². The second-order valence-corrected chi connectivity index (χ2v) is 4.64. The number of halogens is 12. The maximum absolute atomic E-state index is 14.4. The molecule has 0 radical (unpaired) electrons. The van der Waals surface area contributed by atoms with Crippen LogP contribution >= 0.6 is 0 Å². The molecule has 1 atom stereocenters. The van der Waals surface area contributed by atoms with Crippen molar-refractivity contribution >= 4 is 5.97 Å². The summed E-state index contributed by atoms with van der Waals surface area (Å²) < 4.78 is 160. The van der Waals surface area contributed by atoms with Gasteiger partial charge in [-0.25, -0.2) is 26.7 Å². The summed E-state index contributed by atoms with van der Waals surface area (Å²) in [5.41, 5.74) is -12.6. The van der Waals surface area contributed by atoms with Crippen molar-refractivity contribution in [1.82, 2.24) is 0 Å². The summed E-state index contributed by atoms with van der Waals surface area (Å²) in [5.74, 6) is -20.9. The molecule has 2 nitrogen and oxygen atoms in total. The molecule has 25 heavy (non-hydrogen) atoms. The molecule has 0 saturated carbocycles. The Labute approximate surface area is 128 Å². The van der Waals surface area contributed by atoms with Crippen LogP contribution in [0.1, 0.15) is 15.9 Å². The van der Waals surface area contributed by atoms with Gasteiger partial charge in [0.15, 0.2) is 23.3 Å². The Morgan fingerprint density at radius 3 is 1.52 bits per heavy atom. The molecule has 1 aromatic rings. The lowest BCUT2D eigenvalue weighted by Crippen LogP contribution is -2.65. The molecule has 14 heteroatoms. The molecule has 1 heterocycles. The maximum Gasteiger partial charge on any atom is 0.439 e. The van der Waals surface area contributed by atoms with E-state index in [1.807, 2.05) is 0 Å². The number of fused-ring (bicyclic) bond motifs is 1. The molecular formula is C11F12O2. The molecule has 0 saturated heterocycles. The number of carbonyl (C=O) groups is 1. The van der Waals surface area contributed by atoms with Crippen molar-refractivity contribution in [3.63, 3.8) is 0 Å². The topological polar surface area (TPSA) is 26.3 Å². The summed E-state index contributed by atoms with van der Waals surface area (Å²) in [7, 11) is 0. The molecule has 0 bridgehead atoms. The average molecular weight is 392 g/mol. The van der Waals surface area contributed by atoms with E-state index in [0.29, 0.717) is 0 Å². The zero-order chi connectivity index (χ0) is 19.7. The van der Waals surface area contributed by atoms with Crippen molar-refractivity contribution < 1.29 is 62.2 Å². The van der Waals surface area contributed by atoms with Crippen molar-refractivity contribution in [3.8, 4) is 0 Å². The molecule has 0 N–H and O–H groups in total. The van der Waals surface area contributed by atoms with E-state index in [1.165, 1.54) is 0 Å². The number of hydrogen-bond acceptors (Lipinski definition) is 2. The van der Waals surface area contributed by atoms with Crippen LogP contribution in [0.4, 0.5) is 52.7 Å². The van der Waals surface area contributed by atoms with Crippen molar-refractivity contribution in [2.75, 3.05) is 0 Å². The highest BCUT2D eigenvalue weighted by atomic mass is 19.4. The quantitative estimate of drug-likeness (QED) is 0.307. The van der Waals surface area contributed by atoms with Crippen LogP contribution in [0.5, 0.6) is 0 Å². The van der Waals surface area contributed by atoms with Crippen LogP contribution in [0, 0.1) is 23.3 Å². The van der Waals surface area contributed by atoms with Gasteiger partial charge in [0.2, 0.25) is 0 Å². The molecule has 140 valence electrons. The summed E-state index contributed by atoms with van der Waals surface area (Å²) >= 11 is 0. The Kier molecular flexibility index (Phi) is 3.79. The molecule has 0 aliphatic carbocycles. The molecule has 2 rings (SSSR count). The Hall–Kier alpha value is -2.15. The summed E-state index contributed by atoms with van der Waals surface area (Å²) in [6, 6.07) is 0. The molecule has 1 aliphatic rings. The predicted octanol–water partition coefficient (Wildman–Crippen LogP) is 4.37. The number of benzene rings is 1. The fourth-order valence-electron chi connectivity index (χ4n) is 2.12. The van der Waals surface area contributed by atoms with Crippen molar-refractivity contribution in [2.45, 2.75) is 23.9 Å². The number of alkyl halides is 8. The highest BCUT2D eigenvalue weighted by Crippen LogP contribution is 2.61. The number of cyclic esters (lactones) is 1. The third-order valence-electron chi connectivity index (χ3n) is 3.25. The molecule has 0 spiro atoms. The Balaban J connectivity index is 2.99. The van der Waals surface area contributed by atoms with Gasteiger partial charge in [0.25, 0.3) is 0 Å². The number of hydrogen-bond donors (Lipinski definition) is 0. The zero-order valence-corrected chi connectivity index (χ0v) is 10.9. The lowest BCUT2D eigenvalue weighted by Gasteiger charge is -2.37. The fraction of sp³-hybridized carbons (Fsp3) is 0.364. The number of carbonyl (C=O) groups excluding carboxylic acids is 1. The lowest BCUT2D eigenvalue weighted by molar-refractivity contribution is -0.411. The van der Waals surface area contributed by atoms with Gasteiger partial charge in [0.1, 0.15) is 5.56 Å². The van der Waals surface area contributed by atoms with E-state index in [4.69, 9.17) is 0 Å². The van der Waals surface area contributed by atoms with Crippen LogP contribution in [0.15, 0.2) is 0 Å². The first kappa shape index (κ1) is 19.2. The van der Waals surface area contributed by atoms with Crippen LogP contribution in [0.25, 0.3) is 0 Å². The Bertz CT molecular complexity index is 750. The first-order valence-electron chi connectivity index (χ1n) is 5.63. The smallest absolute Gasteiger partial charge is 0.416 e. The van der Waals surface area contributed by atoms with E-state index in [1.54, 1.807) is 0 Å². The minimum atomic E-state index is -7.23. The van der Waals surface area contributed by atoms with E-state index in [-0.39, 0.29) is 0 Å². The first-order chi connectivity index (χ1) is 11.0. The van der Waals surface area contributed by atoms with Gasteiger partial charge in [-0.05, 0) is 0 Å². The van der Waals surface area contributed by atoms with Gasteiger partial charge < -0.3 is 4.74 Å². The number of ether oxygens (including phenoxy) is 1. The normalized spacial score (nSPS) is 21.4. The monoisotopic (exact) mass is 392 g/mol. The van der Waals surface area contributed by atoms with Crippen LogP contribution in [0.2, 0.25) is 0 Å². The van der Waals surface area contributed by atoms with E-state index < -0.39 is 64.2 Å². The Morgan fingerprint density at radius 2 is 1.12 bits per heavy atom. The molecule has 0 fully saturated rings. The second-order valence-electron chi connectivity index (χ2n) is 4.64. The highest BCUT2D eigenvalue weighted by molar-refractivity contribution is 5.95. The SMILES string of the molecule is O=C1OC(F)(C(F)(C(F)(F)F)C(F)(F)F)c2c(F)c(F)c(F)c(F)c21. The van der Waals surface area contributed by atoms with Crippen molar-refractivity contribution in [3.05, 3.63) is 34.4 Å². The van der Waals surface area contributed by atoms with Crippen LogP contribution < -0.4 is 0 Å². The maximum atomic E-state index is 14.4. The summed E-state index contributed by atoms with van der Waals surface area (Å²) in [5, 5.41) is 0. The van der Waals surface area contributed by atoms with Gasteiger partial charge in [0.05, 0.1) is 5.56 Å². The summed E-state index contributed by atoms with van der Waals surface area (Å²) in [4.78, 5) is 11.2. The summed E-state index contributed by atoms with van der Waals surface area (Å²) in [6.07, 6.45) is -14.5. The largest absolute Gasteiger partial charge is 0.439 e. The van der Waals surface area contributed by atoms with E-state index in [0.717, 1.165) is 0 Å². The minimum Gasteiger partial charge on any atom is -0.416 e. The third-order valence-corrected chi connectivity index (χ3v) is 3.25. The average Bonchev–Trinajstić information content (AvgIpc) is 2.71. The van der Waals surface area contributed by atoms with Gasteiger partial charge in [-0.1, -0.05) is 0 Å². The molecule has 1 aliphatic heterocycles. The number of rotatable bonds is 1. The molecule has 1 aromatic carbocycles. The fourth-order valence-corrected chi connectivity index (χ4v) is 2.12. The minimum absolute atomic E-state index is 2.48. The van der Waals surface area contributed by atoms with Gasteiger partial charge >= 0.3 is 29.8 Å². The second kappa shape index (κ2) is 4.94. The van der Waals surface area contributed by atoms with Gasteiger partial charge in [0, 0.05) is 0 Å².